The molecule has 1 N–H and O–H groups in total. The number of methoxy groups -OCH3 is 3. The molecule has 1 heterocycles. The van der Waals surface area contributed by atoms with Crippen LogP contribution in [0, 0.1) is 0 Å². The van der Waals surface area contributed by atoms with Crippen LogP contribution >= 0.6 is 0 Å². The summed E-state index contributed by atoms with van der Waals surface area (Å²) in [5.74, 6) is 1.33. The number of carbonyl (C=O) groups excluding carboxylic acids is 1. The first-order valence-corrected chi connectivity index (χ1v) is 9.79. The van der Waals surface area contributed by atoms with Crippen LogP contribution in [0.15, 0.2) is 36.4 Å². The van der Waals surface area contributed by atoms with Crippen LogP contribution in [0.4, 0.5) is 18.0 Å². The summed E-state index contributed by atoms with van der Waals surface area (Å²) in [5.41, 5.74) is -0.0299. The SMILES string of the molecule is COc1ccc(C2CCCN2C(=O)NCc2ccc(OC)cc2C(F)(F)F)c(OC)c1. The summed E-state index contributed by atoms with van der Waals surface area (Å²) in [5, 5.41) is 2.63. The zero-order chi connectivity index (χ0) is 22.6. The molecular weight excluding hydrogens is 413 g/mol. The minimum absolute atomic E-state index is 0.0283. The topological polar surface area (TPSA) is 60.0 Å². The predicted octanol–water partition coefficient (Wildman–Crippen LogP) is 4.78. The summed E-state index contributed by atoms with van der Waals surface area (Å²) >= 11 is 0. The number of amides is 2. The van der Waals surface area contributed by atoms with E-state index in [4.69, 9.17) is 14.2 Å². The minimum atomic E-state index is -4.55. The van der Waals surface area contributed by atoms with Gasteiger partial charge in [-0.15, -0.1) is 0 Å². The Bertz CT molecular complexity index is 933. The Morgan fingerprint density at radius 3 is 2.39 bits per heavy atom. The lowest BCUT2D eigenvalue weighted by atomic mass is 10.0. The highest BCUT2D eigenvalue weighted by molar-refractivity contribution is 5.75. The van der Waals surface area contributed by atoms with Gasteiger partial charge in [-0.1, -0.05) is 6.07 Å². The van der Waals surface area contributed by atoms with Crippen molar-refractivity contribution in [3.63, 3.8) is 0 Å². The number of alkyl halides is 3. The van der Waals surface area contributed by atoms with E-state index in [1.807, 2.05) is 6.07 Å². The maximum Gasteiger partial charge on any atom is 0.416 e. The fourth-order valence-corrected chi connectivity index (χ4v) is 3.80. The third kappa shape index (κ3) is 4.98. The van der Waals surface area contributed by atoms with Crippen molar-refractivity contribution in [2.75, 3.05) is 27.9 Å². The molecule has 1 saturated heterocycles. The molecule has 0 aliphatic carbocycles. The summed E-state index contributed by atoms with van der Waals surface area (Å²) in [7, 11) is 4.40. The van der Waals surface area contributed by atoms with E-state index in [-0.39, 0.29) is 23.9 Å². The van der Waals surface area contributed by atoms with Crippen LogP contribution in [0.5, 0.6) is 17.2 Å². The highest BCUT2D eigenvalue weighted by Gasteiger charge is 2.35. The number of hydrogen-bond acceptors (Lipinski definition) is 4. The van der Waals surface area contributed by atoms with Gasteiger partial charge in [-0.05, 0) is 42.7 Å². The van der Waals surface area contributed by atoms with Gasteiger partial charge in [0.05, 0.1) is 32.9 Å². The average molecular weight is 438 g/mol. The Labute approximate surface area is 178 Å². The number of hydrogen-bond donors (Lipinski definition) is 1. The van der Waals surface area contributed by atoms with Crippen LogP contribution in [0.2, 0.25) is 0 Å². The molecule has 1 atom stereocenters. The van der Waals surface area contributed by atoms with Crippen LogP contribution in [0.25, 0.3) is 0 Å². The van der Waals surface area contributed by atoms with Crippen molar-refractivity contribution in [1.29, 1.82) is 0 Å². The minimum Gasteiger partial charge on any atom is -0.497 e. The summed E-state index contributed by atoms with van der Waals surface area (Å²) in [4.78, 5) is 14.5. The van der Waals surface area contributed by atoms with Crippen LogP contribution < -0.4 is 19.5 Å². The van der Waals surface area contributed by atoms with Crippen molar-refractivity contribution >= 4 is 6.03 Å². The molecule has 2 aromatic rings. The lowest BCUT2D eigenvalue weighted by Crippen LogP contribution is -2.39. The van der Waals surface area contributed by atoms with E-state index in [1.54, 1.807) is 31.3 Å². The number of likely N-dealkylation sites (tertiary alicyclic amines) is 1. The molecule has 2 aromatic carbocycles. The Hall–Kier alpha value is -3.10. The van der Waals surface area contributed by atoms with E-state index in [0.717, 1.165) is 24.5 Å². The highest BCUT2D eigenvalue weighted by Crippen LogP contribution is 2.39. The Morgan fingerprint density at radius 2 is 1.74 bits per heavy atom. The number of halogens is 3. The number of carbonyl (C=O) groups is 1. The van der Waals surface area contributed by atoms with E-state index < -0.39 is 17.8 Å². The molecule has 0 bridgehead atoms. The summed E-state index contributed by atoms with van der Waals surface area (Å²) < 4.78 is 55.8. The number of ether oxygens (including phenoxy) is 3. The molecule has 1 fully saturated rings. The van der Waals surface area contributed by atoms with Gasteiger partial charge in [0.1, 0.15) is 17.2 Å². The van der Waals surface area contributed by atoms with Gasteiger partial charge in [0.25, 0.3) is 0 Å². The van der Waals surface area contributed by atoms with Crippen molar-refractivity contribution in [2.45, 2.75) is 31.6 Å². The summed E-state index contributed by atoms with van der Waals surface area (Å²) in [6, 6.07) is 8.41. The van der Waals surface area contributed by atoms with Crippen molar-refractivity contribution in [1.82, 2.24) is 10.2 Å². The van der Waals surface area contributed by atoms with Gasteiger partial charge in [0.2, 0.25) is 0 Å². The van der Waals surface area contributed by atoms with Gasteiger partial charge >= 0.3 is 12.2 Å². The van der Waals surface area contributed by atoms with Crippen LogP contribution in [0.3, 0.4) is 0 Å². The van der Waals surface area contributed by atoms with Crippen LogP contribution in [-0.4, -0.2) is 38.8 Å². The van der Waals surface area contributed by atoms with E-state index in [0.29, 0.717) is 18.0 Å². The van der Waals surface area contributed by atoms with E-state index in [2.05, 4.69) is 5.32 Å². The summed E-state index contributed by atoms with van der Waals surface area (Å²) in [6.07, 6.45) is -3.04. The second-order valence-corrected chi connectivity index (χ2v) is 7.14. The highest BCUT2D eigenvalue weighted by atomic mass is 19.4. The lowest BCUT2D eigenvalue weighted by Gasteiger charge is -2.27. The molecule has 0 saturated carbocycles. The molecule has 1 unspecified atom stereocenters. The normalized spacial score (nSPS) is 16.2. The first-order valence-electron chi connectivity index (χ1n) is 9.79. The Kier molecular flexibility index (Phi) is 6.82. The van der Waals surface area contributed by atoms with Crippen molar-refractivity contribution < 1.29 is 32.2 Å². The van der Waals surface area contributed by atoms with Crippen molar-refractivity contribution in [2.24, 2.45) is 0 Å². The largest absolute Gasteiger partial charge is 0.497 e. The number of rotatable bonds is 6. The second-order valence-electron chi connectivity index (χ2n) is 7.14. The molecule has 1 aliphatic heterocycles. The maximum absolute atomic E-state index is 13.4. The van der Waals surface area contributed by atoms with E-state index in [1.165, 1.54) is 19.2 Å². The second kappa shape index (κ2) is 9.36. The van der Waals surface area contributed by atoms with Gasteiger partial charge in [-0.2, -0.15) is 13.2 Å². The first-order chi connectivity index (χ1) is 14.8. The lowest BCUT2D eigenvalue weighted by molar-refractivity contribution is -0.138. The Morgan fingerprint density at radius 1 is 1.06 bits per heavy atom. The molecule has 2 amide bonds. The number of nitrogens with one attached hydrogen (secondary N) is 1. The molecule has 9 heteroatoms. The van der Waals surface area contributed by atoms with Crippen LogP contribution in [0.1, 0.15) is 35.6 Å². The fourth-order valence-electron chi connectivity index (χ4n) is 3.80. The molecule has 3 rings (SSSR count). The third-order valence-electron chi connectivity index (χ3n) is 5.37. The zero-order valence-electron chi connectivity index (χ0n) is 17.6. The quantitative estimate of drug-likeness (QED) is 0.705. The zero-order valence-corrected chi connectivity index (χ0v) is 17.6. The smallest absolute Gasteiger partial charge is 0.416 e. The molecule has 168 valence electrons. The molecular formula is C22H25F3N2O4. The van der Waals surface area contributed by atoms with Gasteiger partial charge in [0.15, 0.2) is 0 Å². The predicted molar refractivity (Wildman–Crippen MR) is 108 cm³/mol. The molecule has 6 nitrogen and oxygen atoms in total. The number of nitrogens with zero attached hydrogens (tertiary/aromatic N) is 1. The van der Waals surface area contributed by atoms with Crippen molar-refractivity contribution in [3.05, 3.63) is 53.1 Å². The van der Waals surface area contributed by atoms with E-state index in [9.17, 15) is 18.0 Å². The summed E-state index contributed by atoms with van der Waals surface area (Å²) in [6.45, 7) is 0.251. The maximum atomic E-state index is 13.4. The molecule has 1 aliphatic rings. The van der Waals surface area contributed by atoms with Gasteiger partial charge in [-0.3, -0.25) is 0 Å². The third-order valence-corrected chi connectivity index (χ3v) is 5.37. The Balaban J connectivity index is 1.77. The van der Waals surface area contributed by atoms with Gasteiger partial charge in [-0.25, -0.2) is 4.79 Å². The average Bonchev–Trinajstić information content (AvgIpc) is 3.26. The molecule has 31 heavy (non-hydrogen) atoms. The van der Waals surface area contributed by atoms with Gasteiger partial charge < -0.3 is 24.4 Å². The molecule has 0 spiro atoms. The van der Waals surface area contributed by atoms with Crippen LogP contribution in [-0.2, 0) is 12.7 Å². The number of urea groups is 1. The van der Waals surface area contributed by atoms with E-state index >= 15 is 0 Å². The monoisotopic (exact) mass is 438 g/mol. The first kappa shape index (κ1) is 22.6. The van der Waals surface area contributed by atoms with Gasteiger partial charge in [0, 0.05) is 24.7 Å². The van der Waals surface area contributed by atoms with Crippen molar-refractivity contribution in [3.8, 4) is 17.2 Å². The standard InChI is InChI=1S/C22H25F3N2O4/c1-29-15-7-6-14(18(11-15)22(23,24)25)13-26-21(28)27-10-4-5-19(27)17-9-8-16(30-2)12-20(17)31-3/h6-9,11-12,19H,4-5,10,13H2,1-3H3,(H,26,28). The number of benzene rings is 2. The molecule has 0 radical (unpaired) electrons. The molecule has 0 aromatic heterocycles. The fraction of sp³-hybridized carbons (Fsp3) is 0.409.